The summed E-state index contributed by atoms with van der Waals surface area (Å²) < 4.78 is 14.7. The Bertz CT molecular complexity index is 1160. The summed E-state index contributed by atoms with van der Waals surface area (Å²) in [5.41, 5.74) is -0.310. The molecule has 1 aliphatic heterocycles. The third-order valence-electron chi connectivity index (χ3n) is 6.44. The van der Waals surface area contributed by atoms with E-state index in [1.807, 2.05) is 12.1 Å². The number of nitrogens with one attached hydrogen (secondary N) is 1. The van der Waals surface area contributed by atoms with Crippen molar-refractivity contribution in [2.75, 3.05) is 6.61 Å². The van der Waals surface area contributed by atoms with Gasteiger partial charge in [0.25, 0.3) is 13.9 Å². The number of hydrogen-bond acceptors (Lipinski definition) is 4. The third kappa shape index (κ3) is 4.53. The maximum absolute atomic E-state index is 12.3. The van der Waals surface area contributed by atoms with Crippen molar-refractivity contribution >= 4 is 18.7 Å². The first-order chi connectivity index (χ1) is 15.7. The number of aromatic nitrogens is 2. The van der Waals surface area contributed by atoms with E-state index in [1.54, 1.807) is 13.1 Å². The van der Waals surface area contributed by atoms with E-state index in [4.69, 9.17) is 9.16 Å². The van der Waals surface area contributed by atoms with Gasteiger partial charge in [-0.25, -0.2) is 4.79 Å². The molecule has 1 N–H and O–H groups in total. The minimum absolute atomic E-state index is 0.110. The van der Waals surface area contributed by atoms with E-state index in [0.29, 0.717) is 18.6 Å². The summed E-state index contributed by atoms with van der Waals surface area (Å²) in [4.78, 5) is 26.4. The number of benzene rings is 2. The van der Waals surface area contributed by atoms with Crippen molar-refractivity contribution in [1.29, 1.82) is 0 Å². The molecule has 2 heterocycles. The lowest BCUT2D eigenvalue weighted by atomic mass is 10.2. The molecule has 0 spiro atoms. The van der Waals surface area contributed by atoms with Crippen LogP contribution in [-0.4, -0.2) is 30.6 Å². The number of aromatic amines is 1. The van der Waals surface area contributed by atoms with E-state index in [0.717, 1.165) is 6.42 Å². The Morgan fingerprint density at radius 3 is 2.12 bits per heavy atom. The van der Waals surface area contributed by atoms with Gasteiger partial charge >= 0.3 is 5.69 Å². The van der Waals surface area contributed by atoms with Crippen LogP contribution in [0.3, 0.4) is 0 Å². The number of nitrogens with zero attached hydrogens (tertiary/aromatic N) is 1. The van der Waals surface area contributed by atoms with Gasteiger partial charge in [-0.3, -0.25) is 14.3 Å². The van der Waals surface area contributed by atoms with Crippen LogP contribution in [-0.2, 0) is 9.16 Å². The van der Waals surface area contributed by atoms with Crippen LogP contribution in [0.25, 0.3) is 0 Å². The summed E-state index contributed by atoms with van der Waals surface area (Å²) in [6.45, 7) is 8.88. The van der Waals surface area contributed by atoms with Gasteiger partial charge in [-0.05, 0) is 35.2 Å². The lowest BCUT2D eigenvalue weighted by Crippen LogP contribution is -2.67. The molecule has 0 amide bonds. The molecule has 7 heteroatoms. The number of rotatable bonds is 6. The molecule has 0 radical (unpaired) electrons. The average Bonchev–Trinajstić information content (AvgIpc) is 3.26. The number of hydrogen-bond donors (Lipinski definition) is 1. The van der Waals surface area contributed by atoms with Crippen molar-refractivity contribution in [3.05, 3.63) is 93.3 Å². The molecule has 4 rings (SSSR count). The Morgan fingerprint density at radius 2 is 1.58 bits per heavy atom. The standard InChI is InChI=1S/C26H32N2O4Si/c1-19-17-28(25(30)27-24(19)29)23-16-15-20(32-23)18-31-33(26(2,3)4,21-11-7-5-8-12-21)22-13-9-6-10-14-22/h5-14,17,20,23H,15-16,18H2,1-4H3,(H,27,29,30)/t20-,23-/m0/s1. The third-order valence-corrected chi connectivity index (χ3v) is 11.4. The summed E-state index contributed by atoms with van der Waals surface area (Å²) in [5, 5.41) is 2.34. The van der Waals surface area contributed by atoms with Gasteiger partial charge in [0.1, 0.15) is 6.23 Å². The number of ether oxygens (including phenoxy) is 1. The van der Waals surface area contributed by atoms with E-state index >= 15 is 0 Å². The first-order valence-electron chi connectivity index (χ1n) is 11.4. The van der Waals surface area contributed by atoms with Crippen LogP contribution in [0.4, 0.5) is 0 Å². The second-order valence-corrected chi connectivity index (χ2v) is 14.0. The van der Waals surface area contributed by atoms with Gasteiger partial charge in [-0.1, -0.05) is 81.4 Å². The molecule has 1 aromatic heterocycles. The van der Waals surface area contributed by atoms with Crippen LogP contribution in [0.5, 0.6) is 0 Å². The molecule has 6 nitrogen and oxygen atoms in total. The number of H-pyrrole nitrogens is 1. The Hall–Kier alpha value is -2.74. The van der Waals surface area contributed by atoms with Crippen LogP contribution < -0.4 is 21.6 Å². The van der Waals surface area contributed by atoms with Gasteiger partial charge in [-0.15, -0.1) is 0 Å². The van der Waals surface area contributed by atoms with E-state index < -0.39 is 20.2 Å². The smallest absolute Gasteiger partial charge is 0.330 e. The summed E-state index contributed by atoms with van der Waals surface area (Å²) in [7, 11) is -2.64. The summed E-state index contributed by atoms with van der Waals surface area (Å²) >= 11 is 0. The van der Waals surface area contributed by atoms with Crippen molar-refractivity contribution in [3.8, 4) is 0 Å². The monoisotopic (exact) mass is 464 g/mol. The Balaban J connectivity index is 1.62. The normalized spacial score (nSPS) is 19.0. The average molecular weight is 465 g/mol. The highest BCUT2D eigenvalue weighted by atomic mass is 28.4. The second-order valence-electron chi connectivity index (χ2n) is 9.74. The molecule has 1 fully saturated rings. The van der Waals surface area contributed by atoms with Crippen LogP contribution in [0.2, 0.25) is 5.04 Å². The SMILES string of the molecule is Cc1cn([C@@H]2CC[C@@H](CO[Si](c3ccccc3)(c3ccccc3)C(C)(C)C)O2)c(=O)[nH]c1=O. The lowest BCUT2D eigenvalue weighted by molar-refractivity contribution is -0.0216. The minimum Gasteiger partial charge on any atom is -0.405 e. The zero-order valence-corrected chi connectivity index (χ0v) is 20.7. The highest BCUT2D eigenvalue weighted by Gasteiger charge is 2.50. The van der Waals surface area contributed by atoms with E-state index in [9.17, 15) is 9.59 Å². The van der Waals surface area contributed by atoms with Crippen molar-refractivity contribution in [1.82, 2.24) is 9.55 Å². The fraction of sp³-hybridized carbons (Fsp3) is 0.385. The highest BCUT2D eigenvalue weighted by molar-refractivity contribution is 6.99. The molecular formula is C26H32N2O4Si. The maximum Gasteiger partial charge on any atom is 0.330 e. The predicted molar refractivity (Wildman–Crippen MR) is 133 cm³/mol. The van der Waals surface area contributed by atoms with Gasteiger partial charge in [0.15, 0.2) is 0 Å². The molecule has 174 valence electrons. The zero-order valence-electron chi connectivity index (χ0n) is 19.7. The van der Waals surface area contributed by atoms with Crippen LogP contribution in [0.15, 0.2) is 76.4 Å². The van der Waals surface area contributed by atoms with E-state index in [-0.39, 0.29) is 16.7 Å². The fourth-order valence-corrected chi connectivity index (χ4v) is 9.38. The minimum atomic E-state index is -2.64. The predicted octanol–water partition coefficient (Wildman–Crippen LogP) is 3.10. The molecular weight excluding hydrogens is 432 g/mol. The molecule has 0 bridgehead atoms. The molecule has 1 saturated heterocycles. The van der Waals surface area contributed by atoms with Gasteiger partial charge in [-0.2, -0.15) is 0 Å². The van der Waals surface area contributed by atoms with Crippen LogP contribution in [0.1, 0.15) is 45.4 Å². The topological polar surface area (TPSA) is 73.3 Å². The van der Waals surface area contributed by atoms with Crippen molar-refractivity contribution in [3.63, 3.8) is 0 Å². The molecule has 1 aliphatic rings. The summed E-state index contributed by atoms with van der Waals surface area (Å²) in [5.74, 6) is 0. The van der Waals surface area contributed by atoms with Gasteiger partial charge < -0.3 is 9.16 Å². The van der Waals surface area contributed by atoms with Crippen molar-refractivity contribution < 1.29 is 9.16 Å². The van der Waals surface area contributed by atoms with E-state index in [1.165, 1.54) is 14.9 Å². The van der Waals surface area contributed by atoms with Gasteiger partial charge in [0.2, 0.25) is 0 Å². The first kappa shape index (κ1) is 23.4. The first-order valence-corrected chi connectivity index (χ1v) is 13.4. The molecule has 0 saturated carbocycles. The number of aryl methyl sites for hydroxylation is 1. The quantitative estimate of drug-likeness (QED) is 0.569. The molecule has 0 aliphatic carbocycles. The fourth-order valence-electron chi connectivity index (χ4n) is 4.79. The summed E-state index contributed by atoms with van der Waals surface area (Å²) in [6, 6.07) is 21.0. The highest BCUT2D eigenvalue weighted by Crippen LogP contribution is 2.37. The molecule has 3 aromatic rings. The van der Waals surface area contributed by atoms with Gasteiger partial charge in [0.05, 0.1) is 12.7 Å². The van der Waals surface area contributed by atoms with Crippen molar-refractivity contribution in [2.24, 2.45) is 0 Å². The molecule has 0 unspecified atom stereocenters. The van der Waals surface area contributed by atoms with E-state index in [2.05, 4.69) is 74.3 Å². The van der Waals surface area contributed by atoms with Gasteiger partial charge in [0, 0.05) is 11.8 Å². The largest absolute Gasteiger partial charge is 0.405 e. The van der Waals surface area contributed by atoms with Crippen LogP contribution in [0, 0.1) is 6.92 Å². The van der Waals surface area contributed by atoms with Crippen molar-refractivity contribution in [2.45, 2.75) is 57.9 Å². The van der Waals surface area contributed by atoms with Crippen LogP contribution >= 0.6 is 0 Å². The molecule has 33 heavy (non-hydrogen) atoms. The lowest BCUT2D eigenvalue weighted by Gasteiger charge is -2.43. The molecule has 2 atom stereocenters. The second kappa shape index (κ2) is 9.25. The maximum atomic E-state index is 12.3. The Labute approximate surface area is 195 Å². The Morgan fingerprint density at radius 1 is 1.00 bits per heavy atom. The molecule has 2 aromatic carbocycles. The zero-order chi connectivity index (χ0) is 23.6. The Kier molecular flexibility index (Phi) is 6.56. The summed E-state index contributed by atoms with van der Waals surface area (Å²) in [6.07, 6.45) is 2.53.